The van der Waals surface area contributed by atoms with E-state index in [2.05, 4.69) is 0 Å². The molecule has 0 radical (unpaired) electrons. The lowest BCUT2D eigenvalue weighted by Gasteiger charge is -2.16. The predicted molar refractivity (Wildman–Crippen MR) is 112 cm³/mol. The smallest absolute Gasteiger partial charge is 0.341 e. The molecule has 0 amide bonds. The number of aromatic carboxylic acids is 1. The zero-order valence-corrected chi connectivity index (χ0v) is 17.7. The normalized spacial score (nSPS) is 11.7. The Hall–Kier alpha value is -2.22. The van der Waals surface area contributed by atoms with E-state index in [-0.39, 0.29) is 38.6 Å². The molecule has 29 heavy (non-hydrogen) atoms. The van der Waals surface area contributed by atoms with Crippen LogP contribution in [0.1, 0.15) is 34.1 Å². The first kappa shape index (κ1) is 23.1. The van der Waals surface area contributed by atoms with Gasteiger partial charge >= 0.3 is 11.9 Å². The first-order valence-electron chi connectivity index (χ1n) is 8.57. The number of benzene rings is 2. The summed E-state index contributed by atoms with van der Waals surface area (Å²) in [5, 5.41) is 17.7. The van der Waals surface area contributed by atoms with Gasteiger partial charge in [0.25, 0.3) is 0 Å². The number of halogens is 2. The van der Waals surface area contributed by atoms with Gasteiger partial charge in [0.2, 0.25) is 0 Å². The lowest BCUT2D eigenvalue weighted by molar-refractivity contribution is -0.139. The number of ketones is 1. The summed E-state index contributed by atoms with van der Waals surface area (Å²) in [6.07, 6.45) is 0.574. The third-order valence-corrected chi connectivity index (χ3v) is 6.12. The number of hydrogen-bond acceptors (Lipinski definition) is 5. The van der Waals surface area contributed by atoms with Crippen LogP contribution in [0.15, 0.2) is 41.3 Å². The minimum Gasteiger partial charge on any atom is -0.480 e. The second-order valence-electron chi connectivity index (χ2n) is 6.03. The van der Waals surface area contributed by atoms with E-state index in [1.165, 1.54) is 36.0 Å². The zero-order valence-electron chi connectivity index (χ0n) is 15.4. The van der Waals surface area contributed by atoms with Crippen molar-refractivity contribution in [3.63, 3.8) is 0 Å². The Morgan fingerprint density at radius 1 is 1.03 bits per heavy atom. The van der Waals surface area contributed by atoms with Crippen LogP contribution in [0, 0.1) is 5.92 Å². The minimum atomic E-state index is -1.16. The average molecular weight is 457 g/mol. The highest BCUT2D eigenvalue weighted by molar-refractivity contribution is 7.99. The Morgan fingerprint density at radius 3 is 2.24 bits per heavy atom. The molecule has 1 atom stereocenters. The fraction of sp³-hybridized carbons (Fsp3) is 0.250. The quantitative estimate of drug-likeness (QED) is 0.376. The number of carboxylic acid groups (broad SMARTS) is 2. The molecule has 1 unspecified atom stereocenters. The summed E-state index contributed by atoms with van der Waals surface area (Å²) in [6.45, 7) is 1.31. The molecule has 0 aromatic heterocycles. The molecule has 0 spiro atoms. The second kappa shape index (κ2) is 10.5. The van der Waals surface area contributed by atoms with E-state index in [9.17, 15) is 14.4 Å². The Morgan fingerprint density at radius 2 is 1.69 bits per heavy atom. The van der Waals surface area contributed by atoms with Crippen molar-refractivity contribution in [2.75, 3.05) is 12.4 Å². The summed E-state index contributed by atoms with van der Waals surface area (Å²) in [5.74, 6) is -2.09. The molecule has 2 rings (SSSR count). The molecule has 0 heterocycles. The van der Waals surface area contributed by atoms with Gasteiger partial charge in [-0.25, -0.2) is 9.59 Å². The number of hydrogen-bond donors (Lipinski definition) is 2. The van der Waals surface area contributed by atoms with Crippen molar-refractivity contribution in [3.8, 4) is 5.75 Å². The fourth-order valence-electron chi connectivity index (χ4n) is 2.46. The van der Waals surface area contributed by atoms with Crippen molar-refractivity contribution in [2.45, 2.75) is 18.2 Å². The van der Waals surface area contributed by atoms with E-state index >= 15 is 0 Å². The molecule has 0 aliphatic heterocycles. The van der Waals surface area contributed by atoms with Gasteiger partial charge in [0, 0.05) is 22.1 Å². The number of rotatable bonds is 10. The molecule has 9 heteroatoms. The standard InChI is InChI=1S/C20H18Cl2O6S/c1-2-11(10-29-13-5-3-12(4-6-13)20(26)27)19(25)14-7-8-15(18(22)17(14)21)28-9-16(23)24/h3-8,11H,2,9-10H2,1H3,(H,23,24)(H,26,27). The molecular formula is C20H18Cl2O6S. The molecule has 2 aromatic carbocycles. The van der Waals surface area contributed by atoms with E-state index in [1.54, 1.807) is 12.1 Å². The second-order valence-corrected chi connectivity index (χ2v) is 7.88. The number of carboxylic acids is 2. The van der Waals surface area contributed by atoms with Crippen LogP contribution in [0.3, 0.4) is 0 Å². The maximum Gasteiger partial charge on any atom is 0.341 e. The van der Waals surface area contributed by atoms with Gasteiger partial charge in [-0.3, -0.25) is 4.79 Å². The largest absolute Gasteiger partial charge is 0.480 e. The van der Waals surface area contributed by atoms with Crippen LogP contribution < -0.4 is 4.74 Å². The van der Waals surface area contributed by atoms with Crippen molar-refractivity contribution in [3.05, 3.63) is 57.6 Å². The van der Waals surface area contributed by atoms with Crippen LogP contribution in [0.5, 0.6) is 5.75 Å². The highest BCUT2D eigenvalue weighted by Crippen LogP contribution is 2.36. The lowest BCUT2D eigenvalue weighted by Crippen LogP contribution is -2.17. The van der Waals surface area contributed by atoms with Gasteiger partial charge in [-0.05, 0) is 42.8 Å². The third kappa shape index (κ3) is 6.13. The molecule has 2 aromatic rings. The Balaban J connectivity index is 2.11. The highest BCUT2D eigenvalue weighted by Gasteiger charge is 2.23. The maximum atomic E-state index is 12.9. The lowest BCUT2D eigenvalue weighted by atomic mass is 9.97. The number of ether oxygens (including phenoxy) is 1. The molecular weight excluding hydrogens is 439 g/mol. The van der Waals surface area contributed by atoms with Gasteiger partial charge in [0.15, 0.2) is 12.4 Å². The van der Waals surface area contributed by atoms with E-state index in [1.807, 2.05) is 6.92 Å². The van der Waals surface area contributed by atoms with Crippen molar-refractivity contribution >= 4 is 52.7 Å². The van der Waals surface area contributed by atoms with Gasteiger partial charge in [-0.1, -0.05) is 30.1 Å². The number of Topliss-reactive ketones (excluding diaryl/α,β-unsaturated/α-hetero) is 1. The van der Waals surface area contributed by atoms with Crippen LogP contribution in [0.25, 0.3) is 0 Å². The van der Waals surface area contributed by atoms with Crippen LogP contribution in [0.4, 0.5) is 0 Å². The summed E-state index contributed by atoms with van der Waals surface area (Å²) in [6, 6.07) is 9.32. The summed E-state index contributed by atoms with van der Waals surface area (Å²) < 4.78 is 5.06. The molecule has 0 fully saturated rings. The van der Waals surface area contributed by atoms with Gasteiger partial charge in [-0.15, -0.1) is 11.8 Å². The predicted octanol–water partition coefficient (Wildman–Crippen LogP) is 5.16. The van der Waals surface area contributed by atoms with Gasteiger partial charge in [0.05, 0.1) is 10.6 Å². The van der Waals surface area contributed by atoms with E-state index in [4.69, 9.17) is 38.2 Å². The summed E-state index contributed by atoms with van der Waals surface area (Å²) in [5.41, 5.74) is 0.442. The van der Waals surface area contributed by atoms with E-state index < -0.39 is 18.5 Å². The van der Waals surface area contributed by atoms with Gasteiger partial charge in [-0.2, -0.15) is 0 Å². The first-order valence-corrected chi connectivity index (χ1v) is 10.3. The minimum absolute atomic E-state index is 0.00877. The third-order valence-electron chi connectivity index (χ3n) is 4.08. The van der Waals surface area contributed by atoms with Crippen molar-refractivity contribution in [1.29, 1.82) is 0 Å². The fourth-order valence-corrected chi connectivity index (χ4v) is 4.04. The summed E-state index contributed by atoms with van der Waals surface area (Å²) >= 11 is 13.8. The summed E-state index contributed by atoms with van der Waals surface area (Å²) in [4.78, 5) is 35.3. The zero-order chi connectivity index (χ0) is 21.6. The summed E-state index contributed by atoms with van der Waals surface area (Å²) in [7, 11) is 0. The first-order chi connectivity index (χ1) is 13.7. The molecule has 0 aliphatic carbocycles. The van der Waals surface area contributed by atoms with Gasteiger partial charge < -0.3 is 14.9 Å². The molecule has 6 nitrogen and oxygen atoms in total. The van der Waals surface area contributed by atoms with Gasteiger partial charge in [0.1, 0.15) is 10.8 Å². The van der Waals surface area contributed by atoms with Crippen LogP contribution >= 0.6 is 35.0 Å². The van der Waals surface area contributed by atoms with E-state index in [0.717, 1.165) is 4.90 Å². The molecule has 2 N–H and O–H groups in total. The monoisotopic (exact) mass is 456 g/mol. The molecule has 0 saturated heterocycles. The number of carbonyl (C=O) groups excluding carboxylic acids is 1. The van der Waals surface area contributed by atoms with Crippen molar-refractivity contribution in [2.24, 2.45) is 5.92 Å². The topological polar surface area (TPSA) is 101 Å². The van der Waals surface area contributed by atoms with Crippen molar-refractivity contribution < 1.29 is 29.3 Å². The van der Waals surface area contributed by atoms with Crippen molar-refractivity contribution in [1.82, 2.24) is 0 Å². The van der Waals surface area contributed by atoms with Crippen LogP contribution in [-0.2, 0) is 4.79 Å². The Kier molecular flexibility index (Phi) is 8.37. The SMILES string of the molecule is CCC(CSc1ccc(C(=O)O)cc1)C(=O)c1ccc(OCC(=O)O)c(Cl)c1Cl. The number of carbonyl (C=O) groups is 3. The molecule has 154 valence electrons. The number of thioether (sulfide) groups is 1. The maximum absolute atomic E-state index is 12.9. The molecule has 0 aliphatic rings. The van der Waals surface area contributed by atoms with Crippen LogP contribution in [-0.4, -0.2) is 40.3 Å². The number of aliphatic carboxylic acids is 1. The van der Waals surface area contributed by atoms with E-state index in [0.29, 0.717) is 12.2 Å². The highest BCUT2D eigenvalue weighted by atomic mass is 35.5. The molecule has 0 saturated carbocycles. The molecule has 0 bridgehead atoms. The average Bonchev–Trinajstić information content (AvgIpc) is 2.69. The Labute approximate surface area is 181 Å². The Bertz CT molecular complexity index is 914. The van der Waals surface area contributed by atoms with Crippen LogP contribution in [0.2, 0.25) is 10.0 Å².